The van der Waals surface area contributed by atoms with Crippen molar-refractivity contribution >= 4 is 39.9 Å². The van der Waals surface area contributed by atoms with Crippen LogP contribution in [-0.2, 0) is 4.79 Å². The molecular weight excluding hydrogens is 387 g/mol. The summed E-state index contributed by atoms with van der Waals surface area (Å²) < 4.78 is 1.18. The van der Waals surface area contributed by atoms with E-state index in [1.165, 1.54) is 9.13 Å². The van der Waals surface area contributed by atoms with E-state index in [-0.39, 0.29) is 12.5 Å². The molecule has 0 aliphatic carbocycles. The molecule has 2 N–H and O–H groups in total. The van der Waals surface area contributed by atoms with Gasteiger partial charge in [0, 0.05) is 14.9 Å². The van der Waals surface area contributed by atoms with Crippen molar-refractivity contribution in [2.24, 2.45) is 0 Å². The van der Waals surface area contributed by atoms with Crippen LogP contribution >= 0.6 is 22.6 Å². The number of para-hydroxylation sites is 1. The average Bonchev–Trinajstić information content (AvgIpc) is 2.54. The number of hydrogen-bond donors (Lipinski definition) is 2. The Hall–Kier alpha value is -1.56. The van der Waals surface area contributed by atoms with Gasteiger partial charge in [0.1, 0.15) is 0 Å². The maximum absolute atomic E-state index is 12.1. The molecule has 2 rings (SSSR count). The van der Waals surface area contributed by atoms with Gasteiger partial charge in [-0.25, -0.2) is 0 Å². The number of amides is 1. The first-order chi connectivity index (χ1) is 10.6. The van der Waals surface area contributed by atoms with Gasteiger partial charge in [-0.15, -0.1) is 0 Å². The summed E-state index contributed by atoms with van der Waals surface area (Å²) >= 11 is 2.26. The topological polar surface area (TPSA) is 41.1 Å². The van der Waals surface area contributed by atoms with Crippen LogP contribution in [0.3, 0.4) is 0 Å². The van der Waals surface area contributed by atoms with Crippen LogP contribution in [0.4, 0.5) is 11.4 Å². The van der Waals surface area contributed by atoms with Crippen molar-refractivity contribution in [2.45, 2.75) is 26.2 Å². The molecule has 0 saturated heterocycles. The third kappa shape index (κ3) is 4.73. The zero-order chi connectivity index (χ0) is 15.9. The molecule has 0 spiro atoms. The lowest BCUT2D eigenvalue weighted by Gasteiger charge is -2.16. The Morgan fingerprint density at radius 3 is 2.50 bits per heavy atom. The number of carbonyl (C=O) groups excluding carboxylic acids is 1. The first-order valence-electron chi connectivity index (χ1n) is 7.48. The number of nitrogens with one attached hydrogen (secondary N) is 2. The summed E-state index contributed by atoms with van der Waals surface area (Å²) in [6.45, 7) is 4.59. The van der Waals surface area contributed by atoms with Crippen molar-refractivity contribution in [3.05, 3.63) is 57.7 Å². The van der Waals surface area contributed by atoms with Crippen molar-refractivity contribution in [3.63, 3.8) is 0 Å². The summed E-state index contributed by atoms with van der Waals surface area (Å²) in [6, 6.07) is 16.0. The Kier molecular flexibility index (Phi) is 6.24. The fraction of sp³-hybridized carbons (Fsp3) is 0.278. The highest BCUT2D eigenvalue weighted by molar-refractivity contribution is 14.1. The second kappa shape index (κ2) is 8.17. The van der Waals surface area contributed by atoms with E-state index in [2.05, 4.69) is 53.1 Å². The molecule has 2 aromatic carbocycles. The molecule has 0 radical (unpaired) electrons. The van der Waals surface area contributed by atoms with Crippen molar-refractivity contribution in [3.8, 4) is 0 Å². The van der Waals surface area contributed by atoms with Crippen LogP contribution in [0.2, 0.25) is 0 Å². The second-order valence-electron chi connectivity index (χ2n) is 5.31. The minimum Gasteiger partial charge on any atom is -0.376 e. The first-order valence-corrected chi connectivity index (χ1v) is 8.56. The van der Waals surface area contributed by atoms with E-state index >= 15 is 0 Å². The van der Waals surface area contributed by atoms with Gasteiger partial charge in [-0.05, 0) is 70.8 Å². The lowest BCUT2D eigenvalue weighted by molar-refractivity contribution is -0.114. The van der Waals surface area contributed by atoms with Crippen LogP contribution in [0.25, 0.3) is 0 Å². The van der Waals surface area contributed by atoms with E-state index in [0.717, 1.165) is 17.8 Å². The summed E-state index contributed by atoms with van der Waals surface area (Å²) in [5.41, 5.74) is 3.05. The predicted octanol–water partition coefficient (Wildman–Crippen LogP) is 4.86. The summed E-state index contributed by atoms with van der Waals surface area (Å²) in [7, 11) is 0. The van der Waals surface area contributed by atoms with Crippen LogP contribution in [0, 0.1) is 3.57 Å². The van der Waals surface area contributed by atoms with Crippen molar-refractivity contribution in [2.75, 3.05) is 17.2 Å². The fourth-order valence-corrected chi connectivity index (χ4v) is 2.56. The number of rotatable bonds is 6. The summed E-state index contributed by atoms with van der Waals surface area (Å²) in [4.78, 5) is 12.1. The molecule has 4 heteroatoms. The Morgan fingerprint density at radius 1 is 1.14 bits per heavy atom. The Labute approximate surface area is 145 Å². The maximum Gasteiger partial charge on any atom is 0.243 e. The Morgan fingerprint density at radius 2 is 1.82 bits per heavy atom. The second-order valence-corrected chi connectivity index (χ2v) is 6.55. The van der Waals surface area contributed by atoms with Crippen molar-refractivity contribution in [1.82, 2.24) is 0 Å². The molecule has 0 unspecified atom stereocenters. The smallest absolute Gasteiger partial charge is 0.243 e. The lowest BCUT2D eigenvalue weighted by Crippen LogP contribution is -2.22. The molecule has 0 bridgehead atoms. The van der Waals surface area contributed by atoms with Crippen LogP contribution in [0.15, 0.2) is 48.5 Å². The van der Waals surface area contributed by atoms with Gasteiger partial charge in [0.05, 0.1) is 6.54 Å². The van der Waals surface area contributed by atoms with E-state index in [1.54, 1.807) is 0 Å². The Balaban J connectivity index is 1.96. The lowest BCUT2D eigenvalue weighted by atomic mass is 9.97. The van der Waals surface area contributed by atoms with Crippen LogP contribution in [0.5, 0.6) is 0 Å². The minimum absolute atomic E-state index is 0.0331. The van der Waals surface area contributed by atoms with Crippen LogP contribution < -0.4 is 10.6 Å². The largest absolute Gasteiger partial charge is 0.376 e. The highest BCUT2D eigenvalue weighted by Gasteiger charge is 2.10. The van der Waals surface area contributed by atoms with E-state index < -0.39 is 0 Å². The third-order valence-corrected chi connectivity index (χ3v) is 4.39. The summed E-state index contributed by atoms with van der Waals surface area (Å²) in [6.07, 6.45) is 1.05. The van der Waals surface area contributed by atoms with Crippen molar-refractivity contribution < 1.29 is 4.79 Å². The number of hydrogen-bond acceptors (Lipinski definition) is 2. The minimum atomic E-state index is -0.0331. The normalized spacial score (nSPS) is 11.8. The molecule has 0 aromatic heterocycles. The van der Waals surface area contributed by atoms with Crippen molar-refractivity contribution in [1.29, 1.82) is 0 Å². The quantitative estimate of drug-likeness (QED) is 0.671. The molecule has 0 fully saturated rings. The zero-order valence-corrected chi connectivity index (χ0v) is 15.1. The van der Waals surface area contributed by atoms with Gasteiger partial charge < -0.3 is 10.6 Å². The van der Waals surface area contributed by atoms with E-state index in [1.807, 2.05) is 42.5 Å². The Bertz CT molecular complexity index is 625. The van der Waals surface area contributed by atoms with Gasteiger partial charge in [0.2, 0.25) is 5.91 Å². The summed E-state index contributed by atoms with van der Waals surface area (Å²) in [5.74, 6) is 0.398. The van der Waals surface area contributed by atoms with Gasteiger partial charge in [-0.1, -0.05) is 32.0 Å². The first kappa shape index (κ1) is 16.8. The molecule has 0 aliphatic rings. The molecule has 1 amide bonds. The molecular formula is C18H21IN2O. The van der Waals surface area contributed by atoms with Gasteiger partial charge in [0.15, 0.2) is 0 Å². The standard InChI is InChI=1S/C18H21IN2O/c1-3-13(2)16-6-4-5-7-17(16)21-18(22)12-20-15-10-8-14(19)9-11-15/h4-11,13,20H,3,12H2,1-2H3,(H,21,22)/t13-/m1/s1. The molecule has 1 atom stereocenters. The zero-order valence-electron chi connectivity index (χ0n) is 12.9. The van der Waals surface area contributed by atoms with Gasteiger partial charge >= 0.3 is 0 Å². The number of anilines is 2. The number of carbonyl (C=O) groups is 1. The molecule has 116 valence electrons. The average molecular weight is 408 g/mol. The highest BCUT2D eigenvalue weighted by Crippen LogP contribution is 2.26. The van der Waals surface area contributed by atoms with Crippen LogP contribution in [0.1, 0.15) is 31.7 Å². The predicted molar refractivity (Wildman–Crippen MR) is 101 cm³/mol. The molecule has 3 nitrogen and oxygen atoms in total. The van der Waals surface area contributed by atoms with Gasteiger partial charge in [0.25, 0.3) is 0 Å². The molecule has 2 aromatic rings. The molecule has 0 aliphatic heterocycles. The molecule has 22 heavy (non-hydrogen) atoms. The molecule has 0 saturated carbocycles. The fourth-order valence-electron chi connectivity index (χ4n) is 2.20. The number of halogens is 1. The summed E-state index contributed by atoms with van der Waals surface area (Å²) in [5, 5.41) is 6.14. The van der Waals surface area contributed by atoms with Gasteiger partial charge in [-0.2, -0.15) is 0 Å². The molecule has 0 heterocycles. The highest BCUT2D eigenvalue weighted by atomic mass is 127. The van der Waals surface area contributed by atoms with E-state index in [0.29, 0.717) is 5.92 Å². The van der Waals surface area contributed by atoms with E-state index in [9.17, 15) is 4.79 Å². The van der Waals surface area contributed by atoms with Crippen LogP contribution in [-0.4, -0.2) is 12.5 Å². The SMILES string of the molecule is CC[C@@H](C)c1ccccc1NC(=O)CNc1ccc(I)cc1. The third-order valence-electron chi connectivity index (χ3n) is 3.68. The monoisotopic (exact) mass is 408 g/mol. The maximum atomic E-state index is 12.1. The number of benzene rings is 2. The van der Waals surface area contributed by atoms with E-state index in [4.69, 9.17) is 0 Å². The van der Waals surface area contributed by atoms with Gasteiger partial charge in [-0.3, -0.25) is 4.79 Å².